The van der Waals surface area contributed by atoms with E-state index in [-0.39, 0.29) is 0 Å². The molecule has 122 valence electrons. The Bertz CT molecular complexity index is 866. The van der Waals surface area contributed by atoms with Crippen LogP contribution in [0.2, 0.25) is 10.0 Å². The van der Waals surface area contributed by atoms with Crippen molar-refractivity contribution in [1.29, 1.82) is 0 Å². The molecule has 0 amide bonds. The third-order valence-electron chi connectivity index (χ3n) is 3.93. The first-order valence-electron chi connectivity index (χ1n) is 7.55. The molecular weight excluding hydrogens is 363 g/mol. The Labute approximate surface area is 154 Å². The second-order valence-corrected chi connectivity index (χ2v) is 7.23. The van der Waals surface area contributed by atoms with E-state index in [9.17, 15) is 0 Å². The number of thioether (sulfide) groups is 1. The molecule has 0 fully saturated rings. The van der Waals surface area contributed by atoms with Gasteiger partial charge in [-0.2, -0.15) is 0 Å². The van der Waals surface area contributed by atoms with Crippen molar-refractivity contribution < 1.29 is 0 Å². The lowest BCUT2D eigenvalue weighted by Gasteiger charge is -2.14. The summed E-state index contributed by atoms with van der Waals surface area (Å²) in [6, 6.07) is 15.8. The fourth-order valence-corrected chi connectivity index (χ4v) is 4.23. The molecule has 0 saturated carbocycles. The van der Waals surface area contributed by atoms with Crippen LogP contribution in [-0.2, 0) is 12.3 Å². The maximum Gasteiger partial charge on any atom is 0.232 e. The Kier molecular flexibility index (Phi) is 4.39. The van der Waals surface area contributed by atoms with Crippen LogP contribution in [0.5, 0.6) is 0 Å². The molecule has 2 heterocycles. The molecule has 0 radical (unpaired) electrons. The molecule has 0 spiro atoms. The number of nitrogens with zero attached hydrogens (tertiary/aromatic N) is 4. The van der Waals surface area contributed by atoms with Gasteiger partial charge in [-0.25, -0.2) is 0 Å². The maximum atomic E-state index is 6.24. The summed E-state index contributed by atoms with van der Waals surface area (Å²) in [4.78, 5) is 2.19. The molecule has 1 aromatic heterocycles. The molecule has 0 N–H and O–H groups in total. The molecule has 0 saturated heterocycles. The number of benzene rings is 2. The van der Waals surface area contributed by atoms with E-state index in [4.69, 9.17) is 23.2 Å². The first-order chi connectivity index (χ1) is 11.7. The molecule has 4 rings (SSSR count). The maximum absolute atomic E-state index is 6.24. The Hall–Kier alpha value is -1.69. The van der Waals surface area contributed by atoms with Crippen molar-refractivity contribution in [2.24, 2.45) is 0 Å². The highest BCUT2D eigenvalue weighted by Gasteiger charge is 2.25. The van der Waals surface area contributed by atoms with Gasteiger partial charge in [0.1, 0.15) is 0 Å². The normalized spacial score (nSPS) is 13.3. The van der Waals surface area contributed by atoms with Gasteiger partial charge in [0.15, 0.2) is 5.16 Å². The monoisotopic (exact) mass is 376 g/mol. The van der Waals surface area contributed by atoms with Crippen molar-refractivity contribution in [1.82, 2.24) is 14.8 Å². The van der Waals surface area contributed by atoms with Crippen LogP contribution in [0, 0.1) is 0 Å². The van der Waals surface area contributed by atoms with E-state index < -0.39 is 0 Å². The molecule has 24 heavy (non-hydrogen) atoms. The highest BCUT2D eigenvalue weighted by molar-refractivity contribution is 7.98. The van der Waals surface area contributed by atoms with Gasteiger partial charge < -0.3 is 4.90 Å². The zero-order valence-corrected chi connectivity index (χ0v) is 15.0. The van der Waals surface area contributed by atoms with Crippen LogP contribution in [0.1, 0.15) is 5.56 Å². The van der Waals surface area contributed by atoms with Crippen LogP contribution in [-0.4, -0.2) is 21.3 Å². The third-order valence-corrected chi connectivity index (χ3v) is 5.53. The molecule has 2 aromatic carbocycles. The summed E-state index contributed by atoms with van der Waals surface area (Å²) < 4.78 is 2.15. The van der Waals surface area contributed by atoms with E-state index in [1.165, 1.54) is 0 Å². The van der Waals surface area contributed by atoms with Crippen molar-refractivity contribution in [2.75, 3.05) is 11.4 Å². The summed E-state index contributed by atoms with van der Waals surface area (Å²) in [5.74, 6) is 1.63. The fraction of sp³-hybridized carbons (Fsp3) is 0.176. The average molecular weight is 377 g/mol. The van der Waals surface area contributed by atoms with Gasteiger partial charge >= 0.3 is 0 Å². The van der Waals surface area contributed by atoms with Crippen molar-refractivity contribution in [3.8, 4) is 0 Å². The van der Waals surface area contributed by atoms with Crippen LogP contribution < -0.4 is 4.90 Å². The minimum Gasteiger partial charge on any atom is -0.309 e. The predicted molar refractivity (Wildman–Crippen MR) is 99.5 cm³/mol. The Morgan fingerprint density at radius 3 is 2.62 bits per heavy atom. The number of aromatic nitrogens is 3. The van der Waals surface area contributed by atoms with E-state index in [1.54, 1.807) is 17.8 Å². The van der Waals surface area contributed by atoms with Gasteiger partial charge in [-0.15, -0.1) is 10.2 Å². The average Bonchev–Trinajstić information content (AvgIpc) is 3.17. The van der Waals surface area contributed by atoms with E-state index in [2.05, 4.69) is 31.8 Å². The molecule has 7 heteroatoms. The number of hydrogen-bond donors (Lipinski definition) is 0. The van der Waals surface area contributed by atoms with Crippen molar-refractivity contribution in [2.45, 2.75) is 17.5 Å². The van der Waals surface area contributed by atoms with Crippen LogP contribution in [0.25, 0.3) is 0 Å². The van der Waals surface area contributed by atoms with Gasteiger partial charge in [-0.1, -0.05) is 59.2 Å². The van der Waals surface area contributed by atoms with Crippen molar-refractivity contribution >= 4 is 46.6 Å². The lowest BCUT2D eigenvalue weighted by atomic mass is 10.2. The van der Waals surface area contributed by atoms with Crippen LogP contribution in [0.4, 0.5) is 11.6 Å². The quantitative estimate of drug-likeness (QED) is 0.598. The highest BCUT2D eigenvalue weighted by Crippen LogP contribution is 2.34. The van der Waals surface area contributed by atoms with Crippen molar-refractivity contribution in [3.63, 3.8) is 0 Å². The van der Waals surface area contributed by atoms with Gasteiger partial charge in [0.05, 0.1) is 0 Å². The van der Waals surface area contributed by atoms with Gasteiger partial charge in [-0.05, 0) is 29.8 Å². The number of hydrogen-bond acceptors (Lipinski definition) is 4. The number of halogens is 2. The minimum absolute atomic E-state index is 0.649. The predicted octanol–water partition coefficient (Wildman–Crippen LogP) is 5.03. The Morgan fingerprint density at radius 2 is 1.83 bits per heavy atom. The summed E-state index contributed by atoms with van der Waals surface area (Å²) in [6.45, 7) is 1.79. The van der Waals surface area contributed by atoms with Crippen LogP contribution in [0.15, 0.2) is 53.7 Å². The number of fused-ring (bicyclic) bond motifs is 1. The fourth-order valence-electron chi connectivity index (χ4n) is 2.72. The molecule has 0 atom stereocenters. The first kappa shape index (κ1) is 15.8. The van der Waals surface area contributed by atoms with Crippen LogP contribution in [0.3, 0.4) is 0 Å². The molecule has 4 nitrogen and oxygen atoms in total. The number of rotatable bonds is 4. The second kappa shape index (κ2) is 6.67. The van der Waals surface area contributed by atoms with Crippen molar-refractivity contribution in [3.05, 3.63) is 64.1 Å². The lowest BCUT2D eigenvalue weighted by molar-refractivity contribution is 0.704. The minimum atomic E-state index is 0.649. The van der Waals surface area contributed by atoms with E-state index in [0.29, 0.717) is 10.0 Å². The number of para-hydroxylation sites is 1. The van der Waals surface area contributed by atoms with E-state index in [0.717, 1.165) is 41.2 Å². The van der Waals surface area contributed by atoms with Gasteiger partial charge in [0.25, 0.3) is 0 Å². The Balaban J connectivity index is 1.53. The highest BCUT2D eigenvalue weighted by atomic mass is 35.5. The van der Waals surface area contributed by atoms with Crippen LogP contribution >= 0.6 is 35.0 Å². The van der Waals surface area contributed by atoms with Gasteiger partial charge in [0, 0.05) is 34.6 Å². The Morgan fingerprint density at radius 1 is 1.00 bits per heavy atom. The standard InChI is InChI=1S/C17H14Cl2N4S/c18-13-7-6-12(15(19)10-13)11-24-17-21-20-16-22(8-9-23(16)17)14-4-2-1-3-5-14/h1-7,10H,8-9,11H2. The van der Waals surface area contributed by atoms with Gasteiger partial charge in [-0.3, -0.25) is 4.57 Å². The molecule has 1 aliphatic rings. The summed E-state index contributed by atoms with van der Waals surface area (Å²) in [7, 11) is 0. The topological polar surface area (TPSA) is 34.0 Å². The summed E-state index contributed by atoms with van der Waals surface area (Å²) in [5, 5.41) is 11.0. The van der Waals surface area contributed by atoms with E-state index in [1.807, 2.05) is 30.3 Å². The summed E-state index contributed by atoms with van der Waals surface area (Å²) in [5.41, 5.74) is 2.18. The summed E-state index contributed by atoms with van der Waals surface area (Å²) >= 11 is 13.8. The lowest BCUT2D eigenvalue weighted by Crippen LogP contribution is -2.13. The molecule has 3 aromatic rings. The molecule has 0 bridgehead atoms. The molecule has 1 aliphatic heterocycles. The zero-order chi connectivity index (χ0) is 16.5. The molecular formula is C17H14Cl2N4S. The first-order valence-corrected chi connectivity index (χ1v) is 9.29. The smallest absolute Gasteiger partial charge is 0.232 e. The number of anilines is 2. The molecule has 0 unspecified atom stereocenters. The van der Waals surface area contributed by atoms with E-state index >= 15 is 0 Å². The van der Waals surface area contributed by atoms with Gasteiger partial charge in [0.2, 0.25) is 5.95 Å². The molecule has 0 aliphatic carbocycles. The SMILES string of the molecule is Clc1ccc(CSc2nnc3n2CCN3c2ccccc2)c(Cl)c1. The largest absolute Gasteiger partial charge is 0.309 e. The third kappa shape index (κ3) is 2.99. The second-order valence-electron chi connectivity index (χ2n) is 5.45. The summed E-state index contributed by atoms with van der Waals surface area (Å²) in [6.07, 6.45) is 0. The zero-order valence-electron chi connectivity index (χ0n) is 12.7.